The van der Waals surface area contributed by atoms with Gasteiger partial charge in [-0.15, -0.1) is 0 Å². The highest BCUT2D eigenvalue weighted by Crippen LogP contribution is 2.25. The van der Waals surface area contributed by atoms with Crippen LogP contribution < -0.4 is 10.5 Å². The lowest BCUT2D eigenvalue weighted by Gasteiger charge is -2.38. The van der Waals surface area contributed by atoms with E-state index in [0.29, 0.717) is 12.2 Å². The van der Waals surface area contributed by atoms with Crippen LogP contribution in [-0.4, -0.2) is 35.3 Å². The minimum absolute atomic E-state index is 0.0923. The van der Waals surface area contributed by atoms with Crippen molar-refractivity contribution in [1.82, 2.24) is 4.90 Å². The van der Waals surface area contributed by atoms with Gasteiger partial charge in [0.25, 0.3) is 0 Å². The van der Waals surface area contributed by atoms with E-state index in [2.05, 4.69) is 0 Å². The number of ether oxygens (including phenoxy) is 2. The first kappa shape index (κ1) is 16.5. The normalized spacial score (nSPS) is 22.3. The van der Waals surface area contributed by atoms with Gasteiger partial charge in [-0.3, -0.25) is 0 Å². The van der Waals surface area contributed by atoms with E-state index in [9.17, 15) is 4.79 Å². The van der Waals surface area contributed by atoms with Gasteiger partial charge in [0.05, 0.1) is 0 Å². The van der Waals surface area contributed by atoms with Crippen molar-refractivity contribution >= 4 is 11.8 Å². The molecule has 0 spiro atoms. The second-order valence-corrected chi connectivity index (χ2v) is 6.86. The van der Waals surface area contributed by atoms with Crippen molar-refractivity contribution < 1.29 is 14.3 Å². The molecule has 1 aromatic carbocycles. The average Bonchev–Trinajstić information content (AvgIpc) is 2.36. The molecule has 2 atom stereocenters. The lowest BCUT2D eigenvalue weighted by molar-refractivity contribution is -0.00101. The third-order valence-corrected chi connectivity index (χ3v) is 3.62. The molecule has 1 fully saturated rings. The summed E-state index contributed by atoms with van der Waals surface area (Å²) in [5.74, 6) is 0.780. The number of rotatable bonds is 2. The van der Waals surface area contributed by atoms with Gasteiger partial charge < -0.3 is 20.1 Å². The molecule has 1 aliphatic heterocycles. The van der Waals surface area contributed by atoms with E-state index in [4.69, 9.17) is 15.2 Å². The Morgan fingerprint density at radius 2 is 2.09 bits per heavy atom. The first-order chi connectivity index (χ1) is 10.2. The maximum absolute atomic E-state index is 12.2. The smallest absolute Gasteiger partial charge is 0.410 e. The molecule has 2 N–H and O–H groups in total. The second kappa shape index (κ2) is 6.46. The maximum atomic E-state index is 12.2. The molecule has 0 unspecified atom stereocenters. The van der Waals surface area contributed by atoms with Gasteiger partial charge in [0.2, 0.25) is 0 Å². The Labute approximate surface area is 132 Å². The molecule has 0 aromatic heterocycles. The Balaban J connectivity index is 1.91. The molecule has 5 heteroatoms. The molecule has 2 rings (SSSR count). The summed E-state index contributed by atoms with van der Waals surface area (Å²) in [6.07, 6.45) is 1.42. The van der Waals surface area contributed by atoms with Gasteiger partial charge >= 0.3 is 6.09 Å². The zero-order valence-electron chi connectivity index (χ0n) is 13.8. The van der Waals surface area contributed by atoms with E-state index in [1.165, 1.54) is 0 Å². The largest absolute Gasteiger partial charge is 0.490 e. The first-order valence-electron chi connectivity index (χ1n) is 7.76. The number of nitrogen functional groups attached to an aromatic ring is 1. The van der Waals surface area contributed by atoms with Crippen molar-refractivity contribution in [3.8, 4) is 5.75 Å². The molecule has 0 aliphatic carbocycles. The molecule has 0 saturated carbocycles. The molecule has 22 heavy (non-hydrogen) atoms. The Bertz CT molecular complexity index is 525. The highest BCUT2D eigenvalue weighted by molar-refractivity contribution is 5.68. The van der Waals surface area contributed by atoms with Crippen molar-refractivity contribution in [2.75, 3.05) is 12.3 Å². The number of amides is 1. The van der Waals surface area contributed by atoms with Crippen LogP contribution in [0.3, 0.4) is 0 Å². The standard InChI is InChI=1S/C17H26N2O3/c1-12-10-15(21-14-7-5-6-13(18)11-14)8-9-19(12)16(20)22-17(2,3)4/h5-7,11-12,15H,8-10,18H2,1-4H3/t12-,15+/m1/s1. The van der Waals surface area contributed by atoms with Gasteiger partial charge in [0, 0.05) is 37.2 Å². The fourth-order valence-electron chi connectivity index (χ4n) is 2.61. The third-order valence-electron chi connectivity index (χ3n) is 3.62. The van der Waals surface area contributed by atoms with Crippen LogP contribution in [0.15, 0.2) is 24.3 Å². The van der Waals surface area contributed by atoms with Crippen molar-refractivity contribution in [1.29, 1.82) is 0 Å². The molecule has 1 saturated heterocycles. The predicted molar refractivity (Wildman–Crippen MR) is 86.9 cm³/mol. The summed E-state index contributed by atoms with van der Waals surface area (Å²) in [6, 6.07) is 7.53. The predicted octanol–water partition coefficient (Wildman–Crippen LogP) is 3.44. The van der Waals surface area contributed by atoms with E-state index in [-0.39, 0.29) is 18.2 Å². The van der Waals surface area contributed by atoms with E-state index in [1.54, 1.807) is 4.90 Å². The first-order valence-corrected chi connectivity index (χ1v) is 7.76. The fourth-order valence-corrected chi connectivity index (χ4v) is 2.61. The number of carbonyl (C=O) groups excluding carboxylic acids is 1. The zero-order chi connectivity index (χ0) is 16.3. The van der Waals surface area contributed by atoms with E-state index < -0.39 is 5.60 Å². The molecule has 0 bridgehead atoms. The highest BCUT2D eigenvalue weighted by atomic mass is 16.6. The van der Waals surface area contributed by atoms with Gasteiger partial charge in [-0.05, 0) is 39.8 Å². The molecule has 1 aromatic rings. The molecule has 0 radical (unpaired) electrons. The number of piperidine rings is 1. The van der Waals surface area contributed by atoms with Gasteiger partial charge in [0.1, 0.15) is 17.5 Å². The number of hydrogen-bond acceptors (Lipinski definition) is 4. The molecule has 1 heterocycles. The van der Waals surface area contributed by atoms with Gasteiger partial charge in [-0.1, -0.05) is 6.07 Å². The summed E-state index contributed by atoms with van der Waals surface area (Å²) >= 11 is 0. The summed E-state index contributed by atoms with van der Waals surface area (Å²) in [6.45, 7) is 8.31. The molecular formula is C17H26N2O3. The van der Waals surface area contributed by atoms with Crippen LogP contribution in [0.25, 0.3) is 0 Å². The summed E-state index contributed by atoms with van der Waals surface area (Å²) in [5, 5.41) is 0. The van der Waals surface area contributed by atoms with Crippen molar-refractivity contribution in [2.24, 2.45) is 0 Å². The number of anilines is 1. The number of nitrogens with zero attached hydrogens (tertiary/aromatic N) is 1. The summed E-state index contributed by atoms with van der Waals surface area (Å²) in [5.41, 5.74) is 5.99. The number of carbonyl (C=O) groups is 1. The number of nitrogens with two attached hydrogens (primary N) is 1. The van der Waals surface area contributed by atoms with E-state index in [1.807, 2.05) is 52.0 Å². The fraction of sp³-hybridized carbons (Fsp3) is 0.588. The average molecular weight is 306 g/mol. The van der Waals surface area contributed by atoms with Crippen LogP contribution in [0.2, 0.25) is 0 Å². The molecular weight excluding hydrogens is 280 g/mol. The van der Waals surface area contributed by atoms with Gasteiger partial charge in [-0.2, -0.15) is 0 Å². The second-order valence-electron chi connectivity index (χ2n) is 6.86. The summed E-state index contributed by atoms with van der Waals surface area (Å²) in [7, 11) is 0. The zero-order valence-corrected chi connectivity index (χ0v) is 13.8. The Morgan fingerprint density at radius 3 is 2.68 bits per heavy atom. The maximum Gasteiger partial charge on any atom is 0.410 e. The molecule has 1 aliphatic rings. The van der Waals surface area contributed by atoms with Crippen LogP contribution in [0.4, 0.5) is 10.5 Å². The molecule has 5 nitrogen and oxygen atoms in total. The van der Waals surface area contributed by atoms with Crippen LogP contribution in [-0.2, 0) is 4.74 Å². The lowest BCUT2D eigenvalue weighted by Crippen LogP contribution is -2.49. The van der Waals surface area contributed by atoms with Gasteiger partial charge in [0.15, 0.2) is 0 Å². The molecule has 122 valence electrons. The highest BCUT2D eigenvalue weighted by Gasteiger charge is 2.32. The summed E-state index contributed by atoms with van der Waals surface area (Å²) < 4.78 is 11.4. The Hall–Kier alpha value is -1.91. The van der Waals surface area contributed by atoms with Crippen LogP contribution in [0.5, 0.6) is 5.75 Å². The van der Waals surface area contributed by atoms with E-state index >= 15 is 0 Å². The SMILES string of the molecule is C[C@@H]1C[C@@H](Oc2cccc(N)c2)CCN1C(=O)OC(C)(C)C. The Morgan fingerprint density at radius 1 is 1.36 bits per heavy atom. The van der Waals surface area contributed by atoms with Crippen LogP contribution >= 0.6 is 0 Å². The topological polar surface area (TPSA) is 64.8 Å². The number of likely N-dealkylation sites (tertiary alicyclic amines) is 1. The van der Waals surface area contributed by atoms with Crippen molar-refractivity contribution in [3.05, 3.63) is 24.3 Å². The van der Waals surface area contributed by atoms with Gasteiger partial charge in [-0.25, -0.2) is 4.79 Å². The summed E-state index contributed by atoms with van der Waals surface area (Å²) in [4.78, 5) is 14.0. The number of hydrogen-bond donors (Lipinski definition) is 1. The van der Waals surface area contributed by atoms with Crippen molar-refractivity contribution in [3.63, 3.8) is 0 Å². The van der Waals surface area contributed by atoms with Crippen LogP contribution in [0.1, 0.15) is 40.5 Å². The monoisotopic (exact) mass is 306 g/mol. The number of benzene rings is 1. The van der Waals surface area contributed by atoms with Crippen molar-refractivity contribution in [2.45, 2.75) is 58.3 Å². The quantitative estimate of drug-likeness (QED) is 0.850. The minimum Gasteiger partial charge on any atom is -0.490 e. The minimum atomic E-state index is -0.467. The van der Waals surface area contributed by atoms with Crippen LogP contribution in [0, 0.1) is 0 Å². The lowest BCUT2D eigenvalue weighted by atomic mass is 10.0. The third kappa shape index (κ3) is 4.55. The van der Waals surface area contributed by atoms with E-state index in [0.717, 1.165) is 18.6 Å². The Kier molecular flexibility index (Phi) is 4.84. The molecule has 1 amide bonds.